The van der Waals surface area contributed by atoms with E-state index in [-0.39, 0.29) is 18.2 Å². The van der Waals surface area contributed by atoms with Crippen LogP contribution in [-0.2, 0) is 5.41 Å². The molecule has 1 fully saturated rings. The fraction of sp³-hybridized carbons (Fsp3) is 0.650. The summed E-state index contributed by atoms with van der Waals surface area (Å²) < 4.78 is 48.6. The van der Waals surface area contributed by atoms with Gasteiger partial charge < -0.3 is 20.1 Å². The van der Waals surface area contributed by atoms with E-state index < -0.39 is 12.7 Å². The number of hydrogen-bond acceptors (Lipinski definition) is 4. The van der Waals surface area contributed by atoms with Gasteiger partial charge in [0.2, 0.25) is 6.79 Å². The van der Waals surface area contributed by atoms with Crippen LogP contribution in [0, 0.1) is 0 Å². The number of nitrogens with one attached hydrogen (secondary N) is 2. The van der Waals surface area contributed by atoms with Gasteiger partial charge in [0.25, 0.3) is 0 Å². The van der Waals surface area contributed by atoms with E-state index in [1.807, 2.05) is 25.1 Å². The second-order valence-corrected chi connectivity index (χ2v) is 8.13. The number of alkyl halides is 3. The molecular formula is C20H29F3N4O2. The summed E-state index contributed by atoms with van der Waals surface area (Å²) in [4.78, 5) is 6.13. The molecule has 1 aromatic rings. The third-order valence-electron chi connectivity index (χ3n) is 5.15. The zero-order valence-corrected chi connectivity index (χ0v) is 17.1. The molecule has 0 aromatic heterocycles. The van der Waals surface area contributed by atoms with Gasteiger partial charge >= 0.3 is 6.18 Å². The van der Waals surface area contributed by atoms with Crippen LogP contribution in [0.15, 0.2) is 23.2 Å². The molecule has 2 aliphatic heterocycles. The molecule has 29 heavy (non-hydrogen) atoms. The highest BCUT2D eigenvalue weighted by Crippen LogP contribution is 2.36. The molecule has 2 heterocycles. The first-order valence-corrected chi connectivity index (χ1v) is 9.90. The van der Waals surface area contributed by atoms with Crippen molar-refractivity contribution in [1.29, 1.82) is 0 Å². The fourth-order valence-corrected chi connectivity index (χ4v) is 3.55. The van der Waals surface area contributed by atoms with Crippen LogP contribution in [0.25, 0.3) is 0 Å². The first-order chi connectivity index (χ1) is 13.7. The zero-order chi connectivity index (χ0) is 21.1. The Bertz CT molecular complexity index is 737. The molecule has 1 saturated heterocycles. The lowest BCUT2D eigenvalue weighted by molar-refractivity contribution is -0.143. The lowest BCUT2D eigenvalue weighted by Gasteiger charge is -2.25. The molecule has 0 saturated carbocycles. The van der Waals surface area contributed by atoms with E-state index in [2.05, 4.69) is 24.5 Å². The number of nitrogens with zero attached hydrogens (tertiary/aromatic N) is 2. The maximum absolute atomic E-state index is 12.6. The summed E-state index contributed by atoms with van der Waals surface area (Å²) in [7, 11) is 0. The Labute approximate surface area is 169 Å². The van der Waals surface area contributed by atoms with Crippen LogP contribution in [0.5, 0.6) is 11.5 Å². The van der Waals surface area contributed by atoms with Crippen molar-refractivity contribution in [2.75, 3.05) is 39.5 Å². The lowest BCUT2D eigenvalue weighted by atomic mass is 9.84. The van der Waals surface area contributed by atoms with Crippen LogP contribution < -0.4 is 20.1 Å². The predicted molar refractivity (Wildman–Crippen MR) is 106 cm³/mol. The second-order valence-electron chi connectivity index (χ2n) is 8.13. The Balaban J connectivity index is 1.61. The largest absolute Gasteiger partial charge is 0.454 e. The predicted octanol–water partition coefficient (Wildman–Crippen LogP) is 2.88. The Hall–Kier alpha value is -2.16. The maximum Gasteiger partial charge on any atom is 0.401 e. The van der Waals surface area contributed by atoms with Gasteiger partial charge in [0.05, 0.1) is 13.1 Å². The molecule has 162 valence electrons. The highest BCUT2D eigenvalue weighted by molar-refractivity contribution is 5.80. The van der Waals surface area contributed by atoms with Crippen molar-refractivity contribution in [2.45, 2.75) is 44.8 Å². The number of fused-ring (bicyclic) bond motifs is 1. The summed E-state index contributed by atoms with van der Waals surface area (Å²) in [6.45, 7) is 7.50. The van der Waals surface area contributed by atoms with Crippen molar-refractivity contribution < 1.29 is 22.6 Å². The minimum atomic E-state index is -4.16. The Morgan fingerprint density at radius 2 is 2.00 bits per heavy atom. The molecule has 0 aliphatic carbocycles. The minimum Gasteiger partial charge on any atom is -0.454 e. The molecule has 0 bridgehead atoms. The van der Waals surface area contributed by atoms with Crippen LogP contribution in [-0.4, -0.2) is 62.6 Å². The molecule has 1 aromatic carbocycles. The second kappa shape index (κ2) is 8.69. The first-order valence-electron chi connectivity index (χ1n) is 9.90. The smallest absolute Gasteiger partial charge is 0.401 e. The zero-order valence-electron chi connectivity index (χ0n) is 17.1. The molecule has 3 rings (SSSR count). The summed E-state index contributed by atoms with van der Waals surface area (Å²) in [6.07, 6.45) is -3.51. The van der Waals surface area contributed by atoms with Gasteiger partial charge in [-0.2, -0.15) is 13.2 Å². The molecule has 1 atom stereocenters. The van der Waals surface area contributed by atoms with Crippen LogP contribution in [0.2, 0.25) is 0 Å². The monoisotopic (exact) mass is 414 g/mol. The van der Waals surface area contributed by atoms with Crippen molar-refractivity contribution >= 4 is 5.96 Å². The van der Waals surface area contributed by atoms with Gasteiger partial charge in [0.1, 0.15) is 0 Å². The van der Waals surface area contributed by atoms with E-state index >= 15 is 0 Å². The molecule has 0 radical (unpaired) electrons. The molecule has 2 aliphatic rings. The van der Waals surface area contributed by atoms with Gasteiger partial charge in [0, 0.05) is 31.1 Å². The van der Waals surface area contributed by atoms with Gasteiger partial charge in [-0.1, -0.05) is 19.9 Å². The summed E-state index contributed by atoms with van der Waals surface area (Å²) in [6, 6.07) is 5.84. The Kier molecular flexibility index (Phi) is 6.45. The normalized spacial score (nSPS) is 20.2. The lowest BCUT2D eigenvalue weighted by Crippen LogP contribution is -2.45. The van der Waals surface area contributed by atoms with Crippen molar-refractivity contribution in [3.63, 3.8) is 0 Å². The third kappa shape index (κ3) is 5.91. The van der Waals surface area contributed by atoms with E-state index in [9.17, 15) is 13.2 Å². The van der Waals surface area contributed by atoms with E-state index in [0.717, 1.165) is 17.1 Å². The quantitative estimate of drug-likeness (QED) is 0.554. The summed E-state index contributed by atoms with van der Waals surface area (Å²) in [5.41, 5.74) is 0.833. The maximum atomic E-state index is 12.6. The van der Waals surface area contributed by atoms with E-state index in [1.54, 1.807) is 0 Å². The van der Waals surface area contributed by atoms with Crippen molar-refractivity contribution in [1.82, 2.24) is 15.5 Å². The number of ether oxygens (including phenoxy) is 2. The van der Waals surface area contributed by atoms with E-state index in [0.29, 0.717) is 38.6 Å². The first kappa shape index (κ1) is 21.5. The number of aliphatic imine (C=N–C) groups is 1. The van der Waals surface area contributed by atoms with Crippen molar-refractivity contribution in [3.05, 3.63) is 23.8 Å². The Morgan fingerprint density at radius 3 is 2.72 bits per heavy atom. The number of halogens is 3. The van der Waals surface area contributed by atoms with E-state index in [4.69, 9.17) is 14.5 Å². The van der Waals surface area contributed by atoms with Crippen LogP contribution in [0.3, 0.4) is 0 Å². The number of guanidine groups is 1. The van der Waals surface area contributed by atoms with Crippen LogP contribution in [0.1, 0.15) is 32.8 Å². The minimum absolute atomic E-state index is 0.0520. The van der Waals surface area contributed by atoms with Gasteiger partial charge in [-0.05, 0) is 31.0 Å². The van der Waals surface area contributed by atoms with Crippen LogP contribution in [0.4, 0.5) is 13.2 Å². The van der Waals surface area contributed by atoms with Crippen molar-refractivity contribution in [3.8, 4) is 11.5 Å². The standard InChI is InChI=1S/C20H29F3N4O2/c1-4-24-18(26-15-7-8-27(10-15)12-20(21,22)23)25-11-19(2,3)14-5-6-16-17(9-14)29-13-28-16/h5-6,9,15H,4,7-8,10-13H2,1-3H3,(H2,24,25,26). The number of hydrogen-bond donors (Lipinski definition) is 2. The third-order valence-corrected chi connectivity index (χ3v) is 5.15. The van der Waals surface area contributed by atoms with Gasteiger partial charge in [-0.25, -0.2) is 0 Å². The SMILES string of the molecule is CCNC(=NCC(C)(C)c1ccc2c(c1)OCO2)NC1CCN(CC(F)(F)F)C1. The van der Waals surface area contributed by atoms with Gasteiger partial charge in [0.15, 0.2) is 17.5 Å². The molecule has 0 amide bonds. The molecule has 9 heteroatoms. The average Bonchev–Trinajstić information content (AvgIpc) is 3.27. The molecule has 6 nitrogen and oxygen atoms in total. The van der Waals surface area contributed by atoms with E-state index in [1.165, 1.54) is 4.90 Å². The highest BCUT2D eigenvalue weighted by atomic mass is 19.4. The van der Waals surface area contributed by atoms with Gasteiger partial charge in [-0.15, -0.1) is 0 Å². The number of likely N-dealkylation sites (tertiary alicyclic amines) is 1. The summed E-state index contributed by atoms with van der Waals surface area (Å²) in [5, 5.41) is 6.48. The Morgan fingerprint density at radius 1 is 1.24 bits per heavy atom. The van der Waals surface area contributed by atoms with Gasteiger partial charge in [-0.3, -0.25) is 9.89 Å². The molecular weight excluding hydrogens is 385 g/mol. The molecule has 1 unspecified atom stereocenters. The summed E-state index contributed by atoms with van der Waals surface area (Å²) in [5.74, 6) is 2.10. The fourth-order valence-electron chi connectivity index (χ4n) is 3.55. The highest BCUT2D eigenvalue weighted by Gasteiger charge is 2.34. The molecule has 2 N–H and O–H groups in total. The van der Waals surface area contributed by atoms with Crippen molar-refractivity contribution in [2.24, 2.45) is 4.99 Å². The number of benzene rings is 1. The average molecular weight is 414 g/mol. The van der Waals surface area contributed by atoms with Crippen LogP contribution >= 0.6 is 0 Å². The molecule has 0 spiro atoms. The topological polar surface area (TPSA) is 58.1 Å². The number of rotatable bonds is 6. The summed E-state index contributed by atoms with van der Waals surface area (Å²) >= 11 is 0.